The standard InChI is InChI=1S/C12H14BrFN2O/c13-10-2-1-8(5-11(10)14)6-12(17)16-4-3-9(15)7-16/h1-2,5,9H,3-4,6-7,15H2. The average molecular weight is 301 g/mol. The first-order chi connectivity index (χ1) is 8.06. The van der Waals surface area contributed by atoms with Gasteiger partial charge in [0.15, 0.2) is 0 Å². The first-order valence-electron chi connectivity index (χ1n) is 5.53. The van der Waals surface area contributed by atoms with E-state index in [4.69, 9.17) is 5.73 Å². The van der Waals surface area contributed by atoms with E-state index in [-0.39, 0.29) is 24.2 Å². The van der Waals surface area contributed by atoms with Crippen LogP contribution in [-0.2, 0) is 11.2 Å². The Morgan fingerprint density at radius 2 is 2.35 bits per heavy atom. The Balaban J connectivity index is 2.00. The zero-order valence-electron chi connectivity index (χ0n) is 9.33. The molecule has 1 unspecified atom stereocenters. The summed E-state index contributed by atoms with van der Waals surface area (Å²) < 4.78 is 13.7. The predicted octanol–water partition coefficient (Wildman–Crippen LogP) is 1.69. The summed E-state index contributed by atoms with van der Waals surface area (Å²) in [6.45, 7) is 1.32. The van der Waals surface area contributed by atoms with Crippen molar-refractivity contribution in [1.82, 2.24) is 4.90 Å². The molecule has 0 saturated carbocycles. The van der Waals surface area contributed by atoms with Crippen LogP contribution >= 0.6 is 15.9 Å². The van der Waals surface area contributed by atoms with Gasteiger partial charge >= 0.3 is 0 Å². The van der Waals surface area contributed by atoms with Gasteiger partial charge in [0.1, 0.15) is 5.82 Å². The van der Waals surface area contributed by atoms with Crippen molar-refractivity contribution in [2.75, 3.05) is 13.1 Å². The predicted molar refractivity (Wildman–Crippen MR) is 67.0 cm³/mol. The smallest absolute Gasteiger partial charge is 0.227 e. The van der Waals surface area contributed by atoms with Crippen LogP contribution in [0.3, 0.4) is 0 Å². The topological polar surface area (TPSA) is 46.3 Å². The summed E-state index contributed by atoms with van der Waals surface area (Å²) in [4.78, 5) is 13.6. The van der Waals surface area contributed by atoms with Crippen molar-refractivity contribution < 1.29 is 9.18 Å². The van der Waals surface area contributed by atoms with Crippen molar-refractivity contribution in [3.63, 3.8) is 0 Å². The third-order valence-corrected chi connectivity index (χ3v) is 3.56. The molecule has 1 fully saturated rings. The molecule has 1 aliphatic rings. The molecule has 1 heterocycles. The number of nitrogens with two attached hydrogens (primary N) is 1. The van der Waals surface area contributed by atoms with Gasteiger partial charge < -0.3 is 10.6 Å². The second kappa shape index (κ2) is 5.14. The lowest BCUT2D eigenvalue weighted by Crippen LogP contribution is -2.32. The van der Waals surface area contributed by atoms with E-state index in [2.05, 4.69) is 15.9 Å². The molecular formula is C12H14BrFN2O. The maximum atomic E-state index is 13.3. The van der Waals surface area contributed by atoms with Crippen LogP contribution in [0.25, 0.3) is 0 Å². The molecule has 1 amide bonds. The highest BCUT2D eigenvalue weighted by Gasteiger charge is 2.23. The van der Waals surface area contributed by atoms with E-state index in [1.54, 1.807) is 17.0 Å². The van der Waals surface area contributed by atoms with Crippen LogP contribution in [0.1, 0.15) is 12.0 Å². The van der Waals surface area contributed by atoms with E-state index in [9.17, 15) is 9.18 Å². The molecule has 1 aliphatic heterocycles. The molecule has 0 bridgehead atoms. The molecular weight excluding hydrogens is 287 g/mol. The van der Waals surface area contributed by atoms with E-state index in [0.29, 0.717) is 23.1 Å². The van der Waals surface area contributed by atoms with E-state index in [1.165, 1.54) is 6.07 Å². The summed E-state index contributed by atoms with van der Waals surface area (Å²) in [5, 5.41) is 0. The van der Waals surface area contributed by atoms with E-state index in [0.717, 1.165) is 6.42 Å². The van der Waals surface area contributed by atoms with Crippen LogP contribution in [-0.4, -0.2) is 29.9 Å². The number of nitrogens with zero attached hydrogens (tertiary/aromatic N) is 1. The molecule has 1 saturated heterocycles. The minimum absolute atomic E-state index is 0.0136. The number of halogens is 2. The maximum absolute atomic E-state index is 13.3. The molecule has 1 atom stereocenters. The number of hydrogen-bond acceptors (Lipinski definition) is 2. The Morgan fingerprint density at radius 1 is 1.59 bits per heavy atom. The third kappa shape index (κ3) is 3.04. The highest BCUT2D eigenvalue weighted by atomic mass is 79.9. The van der Waals surface area contributed by atoms with Gasteiger partial charge in [-0.15, -0.1) is 0 Å². The lowest BCUT2D eigenvalue weighted by Gasteiger charge is -2.15. The summed E-state index contributed by atoms with van der Waals surface area (Å²) in [6, 6.07) is 4.84. The van der Waals surface area contributed by atoms with Gasteiger partial charge in [-0.2, -0.15) is 0 Å². The largest absolute Gasteiger partial charge is 0.341 e. The molecule has 2 rings (SSSR count). The molecule has 1 aromatic carbocycles. The van der Waals surface area contributed by atoms with Crippen molar-refractivity contribution in [2.45, 2.75) is 18.9 Å². The van der Waals surface area contributed by atoms with Gasteiger partial charge in [0.05, 0.1) is 10.9 Å². The molecule has 1 aromatic rings. The Kier molecular flexibility index (Phi) is 3.79. The molecule has 0 aliphatic carbocycles. The highest BCUT2D eigenvalue weighted by molar-refractivity contribution is 9.10. The molecule has 0 spiro atoms. The third-order valence-electron chi connectivity index (χ3n) is 2.92. The minimum atomic E-state index is -0.339. The number of hydrogen-bond donors (Lipinski definition) is 1. The fourth-order valence-electron chi connectivity index (χ4n) is 1.95. The first kappa shape index (κ1) is 12.5. The summed E-state index contributed by atoms with van der Waals surface area (Å²) in [7, 11) is 0. The van der Waals surface area contributed by atoms with Crippen molar-refractivity contribution in [2.24, 2.45) is 5.73 Å². The highest BCUT2D eigenvalue weighted by Crippen LogP contribution is 2.17. The van der Waals surface area contributed by atoms with Crippen molar-refractivity contribution in [3.8, 4) is 0 Å². The fourth-order valence-corrected chi connectivity index (χ4v) is 2.20. The summed E-state index contributed by atoms with van der Waals surface area (Å²) >= 11 is 3.08. The Hall–Kier alpha value is -0.940. The zero-order valence-corrected chi connectivity index (χ0v) is 10.9. The quantitative estimate of drug-likeness (QED) is 0.903. The van der Waals surface area contributed by atoms with Gasteiger partial charge in [-0.1, -0.05) is 6.07 Å². The number of likely N-dealkylation sites (tertiary alicyclic amines) is 1. The van der Waals surface area contributed by atoms with Gasteiger partial charge in [0, 0.05) is 19.1 Å². The van der Waals surface area contributed by atoms with Gasteiger partial charge in [0.25, 0.3) is 0 Å². The van der Waals surface area contributed by atoms with Crippen LogP contribution in [0.5, 0.6) is 0 Å². The first-order valence-corrected chi connectivity index (χ1v) is 6.33. The van der Waals surface area contributed by atoms with Crippen molar-refractivity contribution >= 4 is 21.8 Å². The van der Waals surface area contributed by atoms with Crippen molar-refractivity contribution in [1.29, 1.82) is 0 Å². The summed E-state index contributed by atoms with van der Waals surface area (Å²) in [6.07, 6.45) is 1.08. The van der Waals surface area contributed by atoms with Crippen molar-refractivity contribution in [3.05, 3.63) is 34.1 Å². The van der Waals surface area contributed by atoms with E-state index < -0.39 is 0 Å². The van der Waals surface area contributed by atoms with Gasteiger partial charge in [-0.25, -0.2) is 4.39 Å². The molecule has 17 heavy (non-hydrogen) atoms. The Labute approximate surface area is 108 Å². The van der Waals surface area contributed by atoms with Crippen LogP contribution in [0.4, 0.5) is 4.39 Å². The number of amides is 1. The second-order valence-electron chi connectivity index (χ2n) is 4.31. The summed E-state index contributed by atoms with van der Waals surface area (Å²) in [5.74, 6) is -0.326. The number of rotatable bonds is 2. The van der Waals surface area contributed by atoms with Crippen LogP contribution < -0.4 is 5.73 Å². The summed E-state index contributed by atoms with van der Waals surface area (Å²) in [5.41, 5.74) is 6.43. The van der Waals surface area contributed by atoms with Gasteiger partial charge in [-0.05, 0) is 40.0 Å². The fraction of sp³-hybridized carbons (Fsp3) is 0.417. The van der Waals surface area contributed by atoms with Gasteiger partial charge in [-0.3, -0.25) is 4.79 Å². The SMILES string of the molecule is NC1CCN(C(=O)Cc2ccc(Br)c(F)c2)C1. The van der Waals surface area contributed by atoms with Gasteiger partial charge in [0.2, 0.25) is 5.91 Å². The number of benzene rings is 1. The van der Waals surface area contributed by atoms with Crippen LogP contribution in [0.15, 0.2) is 22.7 Å². The molecule has 5 heteroatoms. The average Bonchev–Trinajstić information content (AvgIpc) is 2.70. The monoisotopic (exact) mass is 300 g/mol. The number of carbonyl (C=O) groups is 1. The molecule has 0 radical (unpaired) electrons. The minimum Gasteiger partial charge on any atom is -0.341 e. The molecule has 0 aromatic heterocycles. The lowest BCUT2D eigenvalue weighted by atomic mass is 10.1. The zero-order chi connectivity index (χ0) is 12.4. The van der Waals surface area contributed by atoms with E-state index in [1.807, 2.05) is 0 Å². The number of carbonyl (C=O) groups excluding carboxylic acids is 1. The Bertz CT molecular complexity index is 439. The Morgan fingerprint density at radius 3 is 2.94 bits per heavy atom. The molecule has 92 valence electrons. The van der Waals surface area contributed by atoms with Crippen LogP contribution in [0.2, 0.25) is 0 Å². The second-order valence-corrected chi connectivity index (χ2v) is 5.17. The maximum Gasteiger partial charge on any atom is 0.227 e. The van der Waals surface area contributed by atoms with E-state index >= 15 is 0 Å². The lowest BCUT2D eigenvalue weighted by molar-refractivity contribution is -0.129. The molecule has 2 N–H and O–H groups in total. The molecule has 3 nitrogen and oxygen atoms in total. The normalized spacial score (nSPS) is 19.7. The van der Waals surface area contributed by atoms with Crippen LogP contribution in [0, 0.1) is 5.82 Å².